The number of likely N-dealkylation sites (tertiary alicyclic amines) is 1. The molecule has 1 aliphatic rings. The predicted octanol–water partition coefficient (Wildman–Crippen LogP) is 1.95. The molecule has 2 rings (SSSR count). The van der Waals surface area contributed by atoms with Gasteiger partial charge in [-0.25, -0.2) is 0 Å². The second kappa shape index (κ2) is 20.5. The van der Waals surface area contributed by atoms with E-state index in [9.17, 15) is 19.2 Å². The lowest BCUT2D eigenvalue weighted by atomic mass is 9.90. The molecule has 1 aromatic carbocycles. The lowest BCUT2D eigenvalue weighted by Gasteiger charge is -2.39. The Morgan fingerprint density at radius 1 is 1.04 bits per heavy atom. The van der Waals surface area contributed by atoms with Crippen molar-refractivity contribution in [3.8, 4) is 0 Å². The van der Waals surface area contributed by atoms with Gasteiger partial charge in [0.25, 0.3) is 0 Å². The van der Waals surface area contributed by atoms with E-state index < -0.39 is 30.2 Å². The van der Waals surface area contributed by atoms with Crippen molar-refractivity contribution in [1.82, 2.24) is 25.8 Å². The molecule has 12 nitrogen and oxygen atoms in total. The van der Waals surface area contributed by atoms with E-state index in [2.05, 4.69) is 16.0 Å². The predicted molar refractivity (Wildman–Crippen MR) is 188 cm³/mol. The summed E-state index contributed by atoms with van der Waals surface area (Å²) in [6.07, 6.45) is 1.84. The summed E-state index contributed by atoms with van der Waals surface area (Å²) in [7, 11) is 6.56. The van der Waals surface area contributed by atoms with Crippen LogP contribution in [-0.4, -0.2) is 118 Å². The Bertz CT molecular complexity index is 1150. The summed E-state index contributed by atoms with van der Waals surface area (Å²) in [5, 5.41) is 8.85. The lowest BCUT2D eigenvalue weighted by molar-refractivity contribution is -0.146. The highest BCUT2D eigenvalue weighted by Crippen LogP contribution is 2.29. The highest BCUT2D eigenvalue weighted by Gasteiger charge is 2.42. The van der Waals surface area contributed by atoms with Gasteiger partial charge in [0, 0.05) is 40.4 Å². The van der Waals surface area contributed by atoms with Crippen LogP contribution in [0.25, 0.3) is 0 Å². The van der Waals surface area contributed by atoms with Crippen molar-refractivity contribution in [3.05, 3.63) is 35.9 Å². The third-order valence-electron chi connectivity index (χ3n) is 9.93. The highest BCUT2D eigenvalue weighted by atomic mass is 16.5. The van der Waals surface area contributed by atoms with Crippen molar-refractivity contribution >= 4 is 23.6 Å². The molecule has 8 atom stereocenters. The molecule has 1 heterocycles. The normalized spacial score (nSPS) is 19.1. The van der Waals surface area contributed by atoms with Gasteiger partial charge in [-0.15, -0.1) is 0 Å². The van der Waals surface area contributed by atoms with Gasteiger partial charge >= 0.3 is 0 Å². The van der Waals surface area contributed by atoms with Crippen molar-refractivity contribution in [3.63, 3.8) is 0 Å². The van der Waals surface area contributed by atoms with E-state index in [1.165, 1.54) is 0 Å². The van der Waals surface area contributed by atoms with Gasteiger partial charge in [0.15, 0.2) is 0 Å². The highest BCUT2D eigenvalue weighted by molar-refractivity contribution is 5.87. The number of benzene rings is 1. The number of carbonyl (C=O) groups excluding carboxylic acids is 4. The van der Waals surface area contributed by atoms with Crippen LogP contribution in [0.3, 0.4) is 0 Å². The Morgan fingerprint density at radius 3 is 2.25 bits per heavy atom. The minimum Gasteiger partial charge on any atom is -0.379 e. The molecule has 0 aromatic heterocycles. The van der Waals surface area contributed by atoms with Gasteiger partial charge in [0.1, 0.15) is 0 Å². The van der Waals surface area contributed by atoms with Gasteiger partial charge < -0.3 is 41.0 Å². The van der Waals surface area contributed by atoms with Gasteiger partial charge in [0.05, 0.1) is 49.2 Å². The quantitative estimate of drug-likeness (QED) is 0.164. The standard InChI is InChI=1S/C36H62N6O6/c1-10-24(4)33(41(7)31(44)22-39-36(46)32(38-6)23(2)3)29(47-8)20-30(43)42-18-14-17-28(42)34(48-9)25(5)35(45)40-27(21-37)19-26-15-12-11-13-16-26/h11-13,15-16,23-25,27-29,32-34,38H,10,14,17-22,37H2,1-9H3,(H,39,46)(H,40,45)/t24-,25+,27-,28-,29+,32?,33-,34+/m0/s1. The number of hydrogen-bond acceptors (Lipinski definition) is 8. The number of methoxy groups -OCH3 is 2. The molecule has 48 heavy (non-hydrogen) atoms. The summed E-state index contributed by atoms with van der Waals surface area (Å²) in [6.45, 7) is 10.5. The first-order chi connectivity index (χ1) is 22.8. The molecule has 1 aliphatic heterocycles. The Kier molecular flexibility index (Phi) is 17.5. The number of hydrogen-bond donors (Lipinski definition) is 4. The second-order valence-electron chi connectivity index (χ2n) is 13.5. The van der Waals surface area contributed by atoms with E-state index in [0.29, 0.717) is 25.9 Å². The number of amides is 4. The van der Waals surface area contributed by atoms with Crippen molar-refractivity contribution in [2.24, 2.45) is 23.5 Å². The van der Waals surface area contributed by atoms with Crippen LogP contribution in [-0.2, 0) is 35.1 Å². The summed E-state index contributed by atoms with van der Waals surface area (Å²) in [5.41, 5.74) is 7.11. The Labute approximate surface area is 288 Å². The van der Waals surface area contributed by atoms with E-state index in [0.717, 1.165) is 18.4 Å². The number of rotatable bonds is 20. The molecular formula is C36H62N6O6. The number of likely N-dealkylation sites (N-methyl/N-ethyl adjacent to an activating group) is 2. The Balaban J connectivity index is 2.14. The zero-order valence-corrected chi connectivity index (χ0v) is 30.7. The molecule has 0 aliphatic carbocycles. The maximum atomic E-state index is 14.0. The molecule has 0 saturated carbocycles. The number of carbonyl (C=O) groups is 4. The van der Waals surface area contributed by atoms with Crippen LogP contribution in [0.15, 0.2) is 30.3 Å². The fourth-order valence-corrected chi connectivity index (χ4v) is 6.91. The van der Waals surface area contributed by atoms with Crippen LogP contribution in [0.4, 0.5) is 0 Å². The molecule has 0 bridgehead atoms. The van der Waals surface area contributed by atoms with Gasteiger partial charge in [-0.2, -0.15) is 0 Å². The molecule has 4 amide bonds. The fourth-order valence-electron chi connectivity index (χ4n) is 6.91. The third-order valence-corrected chi connectivity index (χ3v) is 9.93. The fraction of sp³-hybridized carbons (Fsp3) is 0.722. The maximum absolute atomic E-state index is 14.0. The largest absolute Gasteiger partial charge is 0.379 e. The minimum absolute atomic E-state index is 0.0179. The summed E-state index contributed by atoms with van der Waals surface area (Å²) >= 11 is 0. The molecule has 1 aromatic rings. The zero-order chi connectivity index (χ0) is 36.0. The smallest absolute Gasteiger partial charge is 0.242 e. The Hall–Kier alpha value is -3.06. The molecule has 5 N–H and O–H groups in total. The molecule has 0 radical (unpaired) electrons. The maximum Gasteiger partial charge on any atom is 0.242 e. The van der Waals surface area contributed by atoms with Crippen LogP contribution in [0.2, 0.25) is 0 Å². The number of nitrogens with zero attached hydrogens (tertiary/aromatic N) is 2. The van der Waals surface area contributed by atoms with Crippen molar-refractivity contribution in [2.75, 3.05) is 47.9 Å². The van der Waals surface area contributed by atoms with Crippen LogP contribution in [0.5, 0.6) is 0 Å². The zero-order valence-electron chi connectivity index (χ0n) is 30.7. The van der Waals surface area contributed by atoms with Crippen molar-refractivity contribution < 1.29 is 28.7 Å². The molecule has 0 spiro atoms. The second-order valence-corrected chi connectivity index (χ2v) is 13.5. The molecule has 1 saturated heterocycles. The molecule has 1 fully saturated rings. The van der Waals surface area contributed by atoms with Crippen LogP contribution in [0, 0.1) is 17.8 Å². The van der Waals surface area contributed by atoms with E-state index in [1.807, 2.05) is 69.9 Å². The van der Waals surface area contributed by atoms with E-state index >= 15 is 0 Å². The summed E-state index contributed by atoms with van der Waals surface area (Å²) in [4.78, 5) is 56.8. The first kappa shape index (κ1) is 41.1. The van der Waals surface area contributed by atoms with Crippen LogP contribution in [0.1, 0.15) is 65.9 Å². The first-order valence-corrected chi connectivity index (χ1v) is 17.4. The van der Waals surface area contributed by atoms with Gasteiger partial charge in [-0.3, -0.25) is 19.2 Å². The van der Waals surface area contributed by atoms with Gasteiger partial charge in [-0.1, -0.05) is 71.4 Å². The number of nitrogens with two attached hydrogens (primary N) is 1. The van der Waals surface area contributed by atoms with Gasteiger partial charge in [-0.05, 0) is 43.7 Å². The monoisotopic (exact) mass is 674 g/mol. The average Bonchev–Trinajstić information content (AvgIpc) is 3.56. The molecule has 12 heteroatoms. The van der Waals surface area contributed by atoms with Gasteiger partial charge in [0.2, 0.25) is 23.6 Å². The van der Waals surface area contributed by atoms with Crippen molar-refractivity contribution in [1.29, 1.82) is 0 Å². The average molecular weight is 675 g/mol. The molecular weight excluding hydrogens is 612 g/mol. The van der Waals surface area contributed by atoms with Crippen molar-refractivity contribution in [2.45, 2.75) is 103 Å². The van der Waals surface area contributed by atoms with Crippen LogP contribution >= 0.6 is 0 Å². The molecule has 272 valence electrons. The van der Waals surface area contributed by atoms with E-state index in [-0.39, 0.29) is 60.5 Å². The minimum atomic E-state index is -0.580. The van der Waals surface area contributed by atoms with E-state index in [4.69, 9.17) is 15.2 Å². The number of nitrogens with one attached hydrogen (secondary N) is 3. The summed E-state index contributed by atoms with van der Waals surface area (Å²) < 4.78 is 11.8. The lowest BCUT2D eigenvalue weighted by Crippen LogP contribution is -2.55. The Morgan fingerprint density at radius 2 is 1.71 bits per heavy atom. The topological polar surface area (TPSA) is 155 Å². The summed E-state index contributed by atoms with van der Waals surface area (Å²) in [5.74, 6) is -1.22. The first-order valence-electron chi connectivity index (χ1n) is 17.4. The third kappa shape index (κ3) is 11.2. The summed E-state index contributed by atoms with van der Waals surface area (Å²) in [6, 6.07) is 8.57. The SMILES string of the molecule is CC[C@H](C)[C@@H]([C@@H](CC(=O)N1CCC[C@H]1[C@H](OC)[C@@H](C)C(=O)N[C@H](CN)Cc1ccccc1)OC)N(C)C(=O)CNC(=O)C(NC)C(C)C. The molecule has 1 unspecified atom stereocenters. The van der Waals surface area contributed by atoms with E-state index in [1.54, 1.807) is 33.2 Å². The number of ether oxygens (including phenoxy) is 2. The van der Waals surface area contributed by atoms with Crippen LogP contribution < -0.4 is 21.7 Å².